The Labute approximate surface area is 306 Å². The van der Waals surface area contributed by atoms with E-state index in [1.807, 2.05) is 83.1 Å². The summed E-state index contributed by atoms with van der Waals surface area (Å²) in [6, 6.07) is 0. The van der Waals surface area contributed by atoms with Crippen LogP contribution in [0.3, 0.4) is 0 Å². The highest BCUT2D eigenvalue weighted by Gasteiger charge is 2.54. The Bertz CT molecular complexity index is 1280. The molecule has 12 nitrogen and oxygen atoms in total. The summed E-state index contributed by atoms with van der Waals surface area (Å²) in [4.78, 5) is 39.7. The number of rotatable bonds is 12. The average Bonchev–Trinajstić information content (AvgIpc) is 3.36. The van der Waals surface area contributed by atoms with Crippen LogP contribution in [0.15, 0.2) is 0 Å². The molecule has 1 N–H and O–H groups in total. The number of hydroxylamine groups is 6. The van der Waals surface area contributed by atoms with Gasteiger partial charge in [-0.2, -0.15) is 5.06 Å². The van der Waals surface area contributed by atoms with Gasteiger partial charge in [0.2, 0.25) is 0 Å². The molecule has 4 aliphatic rings. The van der Waals surface area contributed by atoms with Gasteiger partial charge in [-0.15, -0.1) is 20.5 Å². The number of carbonyl (C=O) groups is 3. The molecule has 3 heterocycles. The molecule has 0 amide bonds. The second-order valence-electron chi connectivity index (χ2n) is 19.9. The average molecular weight is 722 g/mol. The predicted octanol–water partition coefficient (Wildman–Crippen LogP) is 6.54. The van der Waals surface area contributed by atoms with Crippen molar-refractivity contribution in [1.29, 1.82) is 0 Å². The first-order valence-corrected chi connectivity index (χ1v) is 19.1. The first kappa shape index (κ1) is 41.9. The van der Waals surface area contributed by atoms with Crippen molar-refractivity contribution in [3.05, 3.63) is 0 Å². The summed E-state index contributed by atoms with van der Waals surface area (Å²) >= 11 is 0. The molecule has 6 unspecified atom stereocenters. The largest absolute Gasteiger partial charge is 0.465 e. The quantitative estimate of drug-likeness (QED) is 0.174. The van der Waals surface area contributed by atoms with Crippen LogP contribution in [0, 0.1) is 35.5 Å². The third kappa shape index (κ3) is 8.94. The topological polar surface area (TPSA) is 149 Å². The van der Waals surface area contributed by atoms with Crippen LogP contribution in [0.4, 0.5) is 0 Å². The summed E-state index contributed by atoms with van der Waals surface area (Å²) < 4.78 is 17.4. The number of ether oxygens (including phenoxy) is 3. The zero-order chi connectivity index (χ0) is 38.5. The van der Waals surface area contributed by atoms with Crippen LogP contribution in [-0.2, 0) is 39.0 Å². The highest BCUT2D eigenvalue weighted by molar-refractivity contribution is 5.72. The first-order valence-electron chi connectivity index (χ1n) is 19.1. The Kier molecular flexibility index (Phi) is 12.1. The third-order valence-corrected chi connectivity index (χ3v) is 13.4. The molecule has 3 saturated heterocycles. The van der Waals surface area contributed by atoms with E-state index >= 15 is 0 Å². The van der Waals surface area contributed by atoms with Crippen molar-refractivity contribution in [2.24, 2.45) is 35.5 Å². The van der Waals surface area contributed by atoms with Gasteiger partial charge in [-0.05, 0) is 139 Å². The molecule has 0 spiro atoms. The highest BCUT2D eigenvalue weighted by Crippen LogP contribution is 2.47. The van der Waals surface area contributed by atoms with Crippen LogP contribution in [0.5, 0.6) is 0 Å². The van der Waals surface area contributed by atoms with Gasteiger partial charge in [0.1, 0.15) is 0 Å². The van der Waals surface area contributed by atoms with Gasteiger partial charge >= 0.3 is 17.9 Å². The van der Waals surface area contributed by atoms with Crippen LogP contribution in [0.2, 0.25) is 0 Å². The van der Waals surface area contributed by atoms with E-state index in [2.05, 4.69) is 0 Å². The normalized spacial score (nSPS) is 33.9. The Morgan fingerprint density at radius 1 is 0.549 bits per heavy atom. The van der Waals surface area contributed by atoms with E-state index in [1.165, 1.54) is 5.06 Å². The standard InChI is InChI=1S/C39H67N3O9/c1-34(2)19-28(37(7,8)40(34)46)22-49-31(43)16-25-13-14-26(17-32(44)50-23-29-20-35(3,4)41(47)38(29,9)10)27(15-25)18-33(45)51-24-30-21-36(5,6)42(48)39(30,11)12/h25-30,47H,13-24H2,1-12H3. The fourth-order valence-corrected chi connectivity index (χ4v) is 9.99. The van der Waals surface area contributed by atoms with Crippen molar-refractivity contribution in [1.82, 2.24) is 15.2 Å². The van der Waals surface area contributed by atoms with E-state index < -0.39 is 33.2 Å². The Morgan fingerprint density at radius 3 is 1.29 bits per heavy atom. The Balaban J connectivity index is 1.36. The van der Waals surface area contributed by atoms with Gasteiger partial charge in [0, 0.05) is 59.2 Å². The molecule has 3 aliphatic heterocycles. The van der Waals surface area contributed by atoms with E-state index in [0.717, 1.165) is 10.1 Å². The molecule has 51 heavy (non-hydrogen) atoms. The van der Waals surface area contributed by atoms with Crippen LogP contribution in [-0.4, -0.2) is 91.4 Å². The summed E-state index contributed by atoms with van der Waals surface area (Å²) in [7, 11) is 0. The van der Waals surface area contributed by atoms with Gasteiger partial charge in [0.05, 0.1) is 30.9 Å². The van der Waals surface area contributed by atoms with E-state index in [9.17, 15) is 30.0 Å². The SMILES string of the molecule is CC1(C)CC(COC(=O)CC2CCC(CC(=O)OCC3CC(C)(C)N(O)C3(C)C)C(CC(=O)OCC3CC(C)(C)N([O])C3(C)C)C2)C(C)(C)N1[O]. The van der Waals surface area contributed by atoms with Gasteiger partial charge in [0.15, 0.2) is 0 Å². The number of esters is 3. The summed E-state index contributed by atoms with van der Waals surface area (Å²) in [5, 5.41) is 40.0. The van der Waals surface area contributed by atoms with Gasteiger partial charge in [0.25, 0.3) is 0 Å². The molecule has 6 atom stereocenters. The lowest BCUT2D eigenvalue weighted by Gasteiger charge is -2.36. The number of nitrogens with zero attached hydrogens (tertiary/aromatic N) is 3. The van der Waals surface area contributed by atoms with Crippen LogP contribution >= 0.6 is 0 Å². The van der Waals surface area contributed by atoms with Gasteiger partial charge in [-0.1, -0.05) is 0 Å². The fourth-order valence-electron chi connectivity index (χ4n) is 9.99. The maximum absolute atomic E-state index is 13.4. The molecule has 0 bridgehead atoms. The maximum atomic E-state index is 13.4. The number of hydrogen-bond acceptors (Lipinski definition) is 10. The minimum Gasteiger partial charge on any atom is -0.465 e. The number of hydrogen-bond donors (Lipinski definition) is 1. The molecule has 292 valence electrons. The molecular formula is C39H67N3O9. The van der Waals surface area contributed by atoms with Crippen molar-refractivity contribution in [2.45, 2.75) is 174 Å². The third-order valence-electron chi connectivity index (χ3n) is 13.4. The molecule has 0 aromatic heterocycles. The molecule has 1 saturated carbocycles. The van der Waals surface area contributed by atoms with Gasteiger partial charge < -0.3 is 19.4 Å². The summed E-state index contributed by atoms with van der Waals surface area (Å²) in [5.41, 5.74) is -3.36. The minimum absolute atomic E-state index is 0.0211. The van der Waals surface area contributed by atoms with Crippen molar-refractivity contribution in [2.75, 3.05) is 19.8 Å². The van der Waals surface area contributed by atoms with E-state index in [0.29, 0.717) is 38.5 Å². The molecule has 0 aromatic rings. The van der Waals surface area contributed by atoms with Crippen molar-refractivity contribution >= 4 is 17.9 Å². The monoisotopic (exact) mass is 721 g/mol. The zero-order valence-corrected chi connectivity index (χ0v) is 33.5. The first-order chi connectivity index (χ1) is 23.2. The lowest BCUT2D eigenvalue weighted by atomic mass is 9.70. The van der Waals surface area contributed by atoms with E-state index in [1.54, 1.807) is 0 Å². The molecular weight excluding hydrogens is 654 g/mol. The molecule has 4 fully saturated rings. The lowest BCUT2D eigenvalue weighted by molar-refractivity contribution is -0.249. The second-order valence-corrected chi connectivity index (χ2v) is 19.9. The zero-order valence-electron chi connectivity index (χ0n) is 33.5. The van der Waals surface area contributed by atoms with Crippen molar-refractivity contribution in [3.8, 4) is 0 Å². The molecule has 0 aromatic carbocycles. The number of carbonyl (C=O) groups excluding carboxylic acids is 3. The van der Waals surface area contributed by atoms with Crippen molar-refractivity contribution in [3.63, 3.8) is 0 Å². The summed E-state index contributed by atoms with van der Waals surface area (Å²) in [6.07, 6.45) is 4.33. The van der Waals surface area contributed by atoms with Gasteiger partial charge in [-0.3, -0.25) is 14.4 Å². The van der Waals surface area contributed by atoms with E-state index in [4.69, 9.17) is 14.2 Å². The van der Waals surface area contributed by atoms with Crippen LogP contribution in [0.25, 0.3) is 0 Å². The highest BCUT2D eigenvalue weighted by atomic mass is 16.5. The minimum atomic E-state index is -0.669. The molecule has 4 rings (SSSR count). The summed E-state index contributed by atoms with van der Waals surface area (Å²) in [5.74, 6) is -1.59. The van der Waals surface area contributed by atoms with Crippen LogP contribution in [0.1, 0.15) is 141 Å². The maximum Gasteiger partial charge on any atom is 0.306 e. The molecule has 1 aliphatic carbocycles. The van der Waals surface area contributed by atoms with E-state index in [-0.39, 0.29) is 92.5 Å². The molecule has 2 radical (unpaired) electrons. The smallest absolute Gasteiger partial charge is 0.306 e. The van der Waals surface area contributed by atoms with Crippen molar-refractivity contribution < 1.29 is 44.2 Å². The predicted molar refractivity (Wildman–Crippen MR) is 189 cm³/mol. The Hall–Kier alpha value is -1.83. The second kappa shape index (κ2) is 14.8. The summed E-state index contributed by atoms with van der Waals surface area (Å²) in [6.45, 7) is 23.6. The lowest BCUT2D eigenvalue weighted by Crippen LogP contribution is -2.47. The Morgan fingerprint density at radius 2 is 0.922 bits per heavy atom. The fraction of sp³-hybridized carbons (Fsp3) is 0.923. The van der Waals surface area contributed by atoms with Crippen LogP contribution < -0.4 is 0 Å². The molecule has 12 heteroatoms. The van der Waals surface area contributed by atoms with Gasteiger partial charge in [-0.25, -0.2) is 0 Å².